The third-order valence-corrected chi connectivity index (χ3v) is 5.63. The van der Waals surface area contributed by atoms with Gasteiger partial charge in [-0.05, 0) is 55.6 Å². The van der Waals surface area contributed by atoms with Gasteiger partial charge < -0.3 is 20.1 Å². The maximum absolute atomic E-state index is 12.5. The van der Waals surface area contributed by atoms with E-state index in [-0.39, 0.29) is 5.91 Å². The molecule has 142 valence electrons. The van der Waals surface area contributed by atoms with Crippen molar-refractivity contribution in [1.29, 1.82) is 5.26 Å². The lowest BCUT2D eigenvalue weighted by molar-refractivity contribution is -0.116. The fourth-order valence-electron chi connectivity index (χ4n) is 3.15. The highest BCUT2D eigenvalue weighted by Gasteiger charge is 2.21. The highest BCUT2D eigenvalue weighted by molar-refractivity contribution is 7.16. The first-order chi connectivity index (χ1) is 13.2. The van der Waals surface area contributed by atoms with Crippen molar-refractivity contribution in [2.24, 2.45) is 0 Å². The minimum absolute atomic E-state index is 0.108. The van der Waals surface area contributed by atoms with Crippen molar-refractivity contribution in [3.63, 3.8) is 0 Å². The summed E-state index contributed by atoms with van der Waals surface area (Å²) in [5.74, 6) is 1.39. The Morgan fingerprint density at radius 3 is 3.04 bits per heavy atom. The van der Waals surface area contributed by atoms with Gasteiger partial charge in [0, 0.05) is 17.8 Å². The molecular weight excluding hydrogens is 362 g/mol. The third kappa shape index (κ3) is 4.41. The fraction of sp³-hybridized carbons (Fsp3) is 0.400. The molecule has 27 heavy (non-hydrogen) atoms. The summed E-state index contributed by atoms with van der Waals surface area (Å²) in [5, 5.41) is 16.4. The Hall–Kier alpha value is -2.56. The molecule has 1 aromatic heterocycles. The second-order valence-electron chi connectivity index (χ2n) is 6.20. The number of rotatable bonds is 7. The molecule has 2 heterocycles. The minimum atomic E-state index is -0.108. The molecule has 3 rings (SSSR count). The quantitative estimate of drug-likeness (QED) is 0.764. The summed E-state index contributed by atoms with van der Waals surface area (Å²) in [6, 6.07) is 7.86. The Kier molecular flexibility index (Phi) is 6.32. The van der Waals surface area contributed by atoms with Gasteiger partial charge in [-0.15, -0.1) is 11.3 Å². The molecule has 2 aromatic rings. The van der Waals surface area contributed by atoms with Gasteiger partial charge in [-0.2, -0.15) is 5.26 Å². The monoisotopic (exact) mass is 385 g/mol. The number of carbonyl (C=O) groups is 1. The lowest BCUT2D eigenvalue weighted by Crippen LogP contribution is -2.22. The van der Waals surface area contributed by atoms with E-state index in [1.54, 1.807) is 7.11 Å². The van der Waals surface area contributed by atoms with Crippen molar-refractivity contribution in [1.82, 2.24) is 5.32 Å². The Bertz CT molecular complexity index is 870. The Labute approximate surface area is 163 Å². The molecule has 0 radical (unpaired) electrons. The molecule has 0 unspecified atom stereocenters. The summed E-state index contributed by atoms with van der Waals surface area (Å²) in [6.45, 7) is 4.11. The first-order valence-corrected chi connectivity index (χ1v) is 9.82. The van der Waals surface area contributed by atoms with Gasteiger partial charge in [0.15, 0.2) is 0 Å². The van der Waals surface area contributed by atoms with Crippen LogP contribution in [0.3, 0.4) is 0 Å². The second-order valence-corrected chi connectivity index (χ2v) is 7.31. The number of ether oxygens (including phenoxy) is 2. The Balaban J connectivity index is 1.69. The molecule has 1 aliphatic heterocycles. The van der Waals surface area contributed by atoms with Gasteiger partial charge in [-0.25, -0.2) is 0 Å². The number of amides is 1. The van der Waals surface area contributed by atoms with Gasteiger partial charge >= 0.3 is 0 Å². The molecule has 1 aromatic carbocycles. The van der Waals surface area contributed by atoms with E-state index in [0.29, 0.717) is 30.0 Å². The minimum Gasteiger partial charge on any atom is -0.497 e. The molecule has 0 saturated heterocycles. The number of methoxy groups -OCH3 is 1. The summed E-state index contributed by atoms with van der Waals surface area (Å²) in [6.07, 6.45) is 1.66. The topological polar surface area (TPSA) is 83.4 Å². The number of thiophene rings is 1. The number of nitrogens with zero attached hydrogens (tertiary/aromatic N) is 1. The lowest BCUT2D eigenvalue weighted by Gasteiger charge is -2.12. The summed E-state index contributed by atoms with van der Waals surface area (Å²) >= 11 is 1.49. The highest BCUT2D eigenvalue weighted by atomic mass is 32.1. The molecule has 0 fully saturated rings. The number of carbonyl (C=O) groups excluding carboxylic acids is 1. The van der Waals surface area contributed by atoms with Crippen molar-refractivity contribution in [3.05, 3.63) is 39.8 Å². The average Bonchev–Trinajstić information content (AvgIpc) is 3.04. The van der Waals surface area contributed by atoms with Gasteiger partial charge in [0.2, 0.25) is 5.91 Å². The predicted octanol–water partition coefficient (Wildman–Crippen LogP) is 3.24. The number of fused-ring (bicyclic) bond motifs is 1. The number of nitriles is 1. The Morgan fingerprint density at radius 2 is 2.30 bits per heavy atom. The largest absolute Gasteiger partial charge is 0.497 e. The van der Waals surface area contributed by atoms with Crippen LogP contribution >= 0.6 is 11.3 Å². The molecule has 6 nitrogen and oxygen atoms in total. The van der Waals surface area contributed by atoms with Crippen LogP contribution in [-0.2, 0) is 24.2 Å². The van der Waals surface area contributed by atoms with Crippen LogP contribution in [0.1, 0.15) is 34.9 Å². The first kappa shape index (κ1) is 19.2. The lowest BCUT2D eigenvalue weighted by atomic mass is 10.0. The number of benzene rings is 1. The summed E-state index contributed by atoms with van der Waals surface area (Å²) in [5.41, 5.74) is 2.62. The van der Waals surface area contributed by atoms with Crippen LogP contribution in [-0.4, -0.2) is 26.2 Å². The maximum atomic E-state index is 12.5. The summed E-state index contributed by atoms with van der Waals surface area (Å²) in [7, 11) is 1.61. The number of nitrogens with one attached hydrogen (secondary N) is 2. The zero-order valence-corrected chi connectivity index (χ0v) is 16.4. The summed E-state index contributed by atoms with van der Waals surface area (Å²) in [4.78, 5) is 13.6. The predicted molar refractivity (Wildman–Crippen MR) is 106 cm³/mol. The van der Waals surface area contributed by atoms with E-state index in [4.69, 9.17) is 9.47 Å². The van der Waals surface area contributed by atoms with Crippen molar-refractivity contribution in [2.45, 2.75) is 32.7 Å². The van der Waals surface area contributed by atoms with E-state index in [1.807, 2.05) is 25.1 Å². The van der Waals surface area contributed by atoms with E-state index < -0.39 is 0 Å². The third-order valence-electron chi connectivity index (χ3n) is 4.48. The zero-order chi connectivity index (χ0) is 19.2. The average molecular weight is 385 g/mol. The maximum Gasteiger partial charge on any atom is 0.225 e. The molecule has 1 amide bonds. The number of anilines is 1. The van der Waals surface area contributed by atoms with E-state index >= 15 is 0 Å². The molecule has 0 bridgehead atoms. The van der Waals surface area contributed by atoms with Crippen LogP contribution in [0.25, 0.3) is 0 Å². The highest BCUT2D eigenvalue weighted by Crippen LogP contribution is 2.35. The number of hydrogen-bond donors (Lipinski definition) is 2. The van der Waals surface area contributed by atoms with Crippen LogP contribution in [0, 0.1) is 11.3 Å². The van der Waals surface area contributed by atoms with Crippen LogP contribution in [0.15, 0.2) is 18.2 Å². The molecule has 1 aliphatic rings. The smallest absolute Gasteiger partial charge is 0.225 e. The van der Waals surface area contributed by atoms with Gasteiger partial charge in [0.25, 0.3) is 0 Å². The van der Waals surface area contributed by atoms with E-state index in [0.717, 1.165) is 47.0 Å². The van der Waals surface area contributed by atoms with Gasteiger partial charge in [-0.1, -0.05) is 0 Å². The van der Waals surface area contributed by atoms with Crippen molar-refractivity contribution in [3.8, 4) is 17.6 Å². The van der Waals surface area contributed by atoms with Crippen molar-refractivity contribution in [2.75, 3.05) is 25.6 Å². The molecule has 7 heteroatoms. The van der Waals surface area contributed by atoms with E-state index in [9.17, 15) is 10.1 Å². The van der Waals surface area contributed by atoms with Crippen molar-refractivity contribution >= 4 is 22.2 Å². The molecule has 0 aliphatic carbocycles. The van der Waals surface area contributed by atoms with E-state index in [2.05, 4.69) is 16.7 Å². The normalized spacial score (nSPS) is 12.8. The van der Waals surface area contributed by atoms with Crippen molar-refractivity contribution < 1.29 is 14.3 Å². The van der Waals surface area contributed by atoms with Gasteiger partial charge in [-0.3, -0.25) is 4.79 Å². The molecular formula is C20H23N3O3S. The molecule has 0 spiro atoms. The van der Waals surface area contributed by atoms with Crippen LogP contribution < -0.4 is 20.1 Å². The number of hydrogen-bond acceptors (Lipinski definition) is 6. The van der Waals surface area contributed by atoms with Crippen LogP contribution in [0.5, 0.6) is 11.5 Å². The fourth-order valence-corrected chi connectivity index (χ4v) is 4.34. The summed E-state index contributed by atoms with van der Waals surface area (Å²) < 4.78 is 10.9. The number of aryl methyl sites for hydroxylation is 1. The van der Waals surface area contributed by atoms with Gasteiger partial charge in [0.1, 0.15) is 22.6 Å². The Morgan fingerprint density at radius 1 is 1.44 bits per heavy atom. The first-order valence-electron chi connectivity index (χ1n) is 9.01. The molecule has 0 saturated carbocycles. The molecule has 2 N–H and O–H groups in total. The zero-order valence-electron chi connectivity index (χ0n) is 15.6. The standard InChI is InChI=1S/C20H23N3O3S/c1-3-26-17-6-5-14(25-2)10-13(17)4-7-19(24)23-20-16(11-21)15-8-9-22-12-18(15)27-20/h5-6,10,22H,3-4,7-9,12H2,1-2H3,(H,23,24). The second kappa shape index (κ2) is 8.89. The van der Waals surface area contributed by atoms with Crippen LogP contribution in [0.4, 0.5) is 5.00 Å². The molecule has 0 atom stereocenters. The SMILES string of the molecule is CCOc1ccc(OC)cc1CCC(=O)Nc1sc2c(c1C#N)CCNC2. The van der Waals surface area contributed by atoms with Gasteiger partial charge in [0.05, 0.1) is 19.3 Å². The van der Waals surface area contributed by atoms with E-state index in [1.165, 1.54) is 11.3 Å². The van der Waals surface area contributed by atoms with Crippen LogP contribution in [0.2, 0.25) is 0 Å².